The third-order valence-corrected chi connectivity index (χ3v) is 3.91. The van der Waals surface area contributed by atoms with Gasteiger partial charge in [0.15, 0.2) is 0 Å². The summed E-state index contributed by atoms with van der Waals surface area (Å²) in [5, 5.41) is 0. The van der Waals surface area contributed by atoms with Crippen LogP contribution in [0, 0.1) is 6.92 Å². The SMILES string of the molecule is COc1ccc(-c2ccc(C)n2-c2ccc(C(F)(F)F)cc2)cc1. The van der Waals surface area contributed by atoms with E-state index in [4.69, 9.17) is 4.74 Å². The molecule has 3 rings (SSSR count). The van der Waals surface area contributed by atoms with Crippen LogP contribution in [0.4, 0.5) is 13.2 Å². The van der Waals surface area contributed by atoms with Crippen LogP contribution in [0.25, 0.3) is 16.9 Å². The van der Waals surface area contributed by atoms with E-state index >= 15 is 0 Å². The molecular weight excluding hydrogens is 315 g/mol. The van der Waals surface area contributed by atoms with Crippen molar-refractivity contribution in [2.45, 2.75) is 13.1 Å². The number of halogens is 3. The molecule has 0 bridgehead atoms. The molecule has 24 heavy (non-hydrogen) atoms. The molecule has 0 radical (unpaired) electrons. The quantitative estimate of drug-likeness (QED) is 0.620. The lowest BCUT2D eigenvalue weighted by atomic mass is 10.1. The molecule has 5 heteroatoms. The number of hydrogen-bond acceptors (Lipinski definition) is 1. The lowest BCUT2D eigenvalue weighted by molar-refractivity contribution is -0.137. The predicted octanol–water partition coefficient (Wildman–Crippen LogP) is 5.48. The number of nitrogens with zero attached hydrogens (tertiary/aromatic N) is 1. The molecule has 0 saturated heterocycles. The number of hydrogen-bond donors (Lipinski definition) is 0. The summed E-state index contributed by atoms with van der Waals surface area (Å²) in [6.45, 7) is 1.92. The van der Waals surface area contributed by atoms with Gasteiger partial charge < -0.3 is 9.30 Å². The Morgan fingerprint density at radius 2 is 1.46 bits per heavy atom. The van der Waals surface area contributed by atoms with Gasteiger partial charge in [-0.05, 0) is 73.2 Å². The first-order chi connectivity index (χ1) is 11.4. The molecule has 0 atom stereocenters. The predicted molar refractivity (Wildman–Crippen MR) is 87.5 cm³/mol. The minimum atomic E-state index is -4.33. The Morgan fingerprint density at radius 1 is 0.833 bits per heavy atom. The summed E-state index contributed by atoms with van der Waals surface area (Å²) < 4.78 is 45.3. The van der Waals surface area contributed by atoms with Crippen LogP contribution in [-0.4, -0.2) is 11.7 Å². The fourth-order valence-electron chi connectivity index (χ4n) is 2.67. The van der Waals surface area contributed by atoms with Crippen molar-refractivity contribution in [1.82, 2.24) is 4.57 Å². The fourth-order valence-corrected chi connectivity index (χ4v) is 2.67. The number of benzene rings is 2. The molecule has 2 nitrogen and oxygen atoms in total. The fraction of sp³-hybridized carbons (Fsp3) is 0.158. The average molecular weight is 331 g/mol. The Bertz CT molecular complexity index is 831. The number of alkyl halides is 3. The standard InChI is InChI=1S/C19H16F3NO/c1-13-3-12-18(14-4-10-17(24-2)11-5-14)23(13)16-8-6-15(7-9-16)19(20,21)22/h3-12H,1-2H3. The lowest BCUT2D eigenvalue weighted by Gasteiger charge is -2.14. The van der Waals surface area contributed by atoms with E-state index in [1.54, 1.807) is 7.11 Å². The summed E-state index contributed by atoms with van der Waals surface area (Å²) >= 11 is 0. The molecule has 0 N–H and O–H groups in total. The van der Waals surface area contributed by atoms with E-state index in [1.807, 2.05) is 47.9 Å². The molecule has 3 aromatic rings. The molecule has 124 valence electrons. The third-order valence-electron chi connectivity index (χ3n) is 3.91. The van der Waals surface area contributed by atoms with Gasteiger partial charge in [0, 0.05) is 11.4 Å². The monoisotopic (exact) mass is 331 g/mol. The van der Waals surface area contributed by atoms with Crippen LogP contribution < -0.4 is 4.74 Å². The van der Waals surface area contributed by atoms with E-state index in [-0.39, 0.29) is 0 Å². The molecule has 1 heterocycles. The van der Waals surface area contributed by atoms with Gasteiger partial charge in [0.2, 0.25) is 0 Å². The van der Waals surface area contributed by atoms with Crippen LogP contribution in [0.2, 0.25) is 0 Å². The summed E-state index contributed by atoms with van der Waals surface area (Å²) in [6.07, 6.45) is -4.33. The molecule has 0 aliphatic heterocycles. The first-order valence-corrected chi connectivity index (χ1v) is 7.40. The van der Waals surface area contributed by atoms with Gasteiger partial charge in [-0.3, -0.25) is 0 Å². The highest BCUT2D eigenvalue weighted by molar-refractivity contribution is 5.65. The van der Waals surface area contributed by atoms with Crippen LogP contribution in [0.15, 0.2) is 60.7 Å². The number of methoxy groups -OCH3 is 1. The van der Waals surface area contributed by atoms with Crippen LogP contribution >= 0.6 is 0 Å². The Balaban J connectivity index is 2.04. The number of aromatic nitrogens is 1. The summed E-state index contributed by atoms with van der Waals surface area (Å²) in [6, 6.07) is 16.6. The first kappa shape index (κ1) is 16.2. The van der Waals surface area contributed by atoms with Crippen molar-refractivity contribution >= 4 is 0 Å². The molecule has 0 fully saturated rings. The lowest BCUT2D eigenvalue weighted by Crippen LogP contribution is -2.05. The van der Waals surface area contributed by atoms with Crippen molar-refractivity contribution in [3.05, 3.63) is 71.9 Å². The normalized spacial score (nSPS) is 11.5. The van der Waals surface area contributed by atoms with Gasteiger partial charge in [0.25, 0.3) is 0 Å². The van der Waals surface area contributed by atoms with E-state index in [2.05, 4.69) is 0 Å². The molecule has 0 unspecified atom stereocenters. The third kappa shape index (κ3) is 3.02. The van der Waals surface area contributed by atoms with Gasteiger partial charge in [-0.1, -0.05) is 0 Å². The molecule has 0 aliphatic rings. The van der Waals surface area contributed by atoms with Gasteiger partial charge in [0.1, 0.15) is 5.75 Å². The van der Waals surface area contributed by atoms with Crippen LogP contribution in [-0.2, 0) is 6.18 Å². The van der Waals surface area contributed by atoms with Crippen molar-refractivity contribution < 1.29 is 17.9 Å². The highest BCUT2D eigenvalue weighted by atomic mass is 19.4. The van der Waals surface area contributed by atoms with Crippen molar-refractivity contribution in [1.29, 1.82) is 0 Å². The molecule has 1 aromatic heterocycles. The van der Waals surface area contributed by atoms with E-state index in [0.717, 1.165) is 34.8 Å². The van der Waals surface area contributed by atoms with E-state index in [9.17, 15) is 13.2 Å². The first-order valence-electron chi connectivity index (χ1n) is 7.40. The van der Waals surface area contributed by atoms with Gasteiger partial charge in [-0.15, -0.1) is 0 Å². The second kappa shape index (κ2) is 6.07. The molecule has 2 aromatic carbocycles. The van der Waals surface area contributed by atoms with Crippen molar-refractivity contribution in [3.8, 4) is 22.7 Å². The van der Waals surface area contributed by atoms with Crippen molar-refractivity contribution in [3.63, 3.8) is 0 Å². The largest absolute Gasteiger partial charge is 0.497 e. The highest BCUT2D eigenvalue weighted by Crippen LogP contribution is 2.32. The Labute approximate surface area is 138 Å². The van der Waals surface area contributed by atoms with E-state index in [0.29, 0.717) is 5.69 Å². The second-order valence-corrected chi connectivity index (χ2v) is 5.47. The summed E-state index contributed by atoms with van der Waals surface area (Å²) in [4.78, 5) is 0. The molecule has 0 amide bonds. The topological polar surface area (TPSA) is 14.2 Å². The van der Waals surface area contributed by atoms with Gasteiger partial charge in [-0.25, -0.2) is 0 Å². The maximum absolute atomic E-state index is 12.7. The summed E-state index contributed by atoms with van der Waals surface area (Å²) in [5.74, 6) is 0.753. The van der Waals surface area contributed by atoms with E-state index < -0.39 is 11.7 Å². The van der Waals surface area contributed by atoms with Crippen LogP contribution in [0.3, 0.4) is 0 Å². The van der Waals surface area contributed by atoms with Crippen LogP contribution in [0.1, 0.15) is 11.3 Å². The summed E-state index contributed by atoms with van der Waals surface area (Å²) in [7, 11) is 1.60. The maximum atomic E-state index is 12.7. The van der Waals surface area contributed by atoms with Gasteiger partial charge in [0.05, 0.1) is 18.4 Å². The van der Waals surface area contributed by atoms with E-state index in [1.165, 1.54) is 12.1 Å². The van der Waals surface area contributed by atoms with Crippen molar-refractivity contribution in [2.75, 3.05) is 7.11 Å². The Hall–Kier alpha value is -2.69. The molecular formula is C19H16F3NO. The smallest absolute Gasteiger partial charge is 0.416 e. The minimum Gasteiger partial charge on any atom is -0.497 e. The second-order valence-electron chi connectivity index (χ2n) is 5.47. The average Bonchev–Trinajstić information content (AvgIpc) is 2.96. The molecule has 0 aliphatic carbocycles. The zero-order valence-corrected chi connectivity index (χ0v) is 13.3. The van der Waals surface area contributed by atoms with Crippen LogP contribution in [0.5, 0.6) is 5.75 Å². The van der Waals surface area contributed by atoms with Crippen molar-refractivity contribution in [2.24, 2.45) is 0 Å². The molecule has 0 saturated carbocycles. The molecule has 0 spiro atoms. The Kier molecular flexibility index (Phi) is 4.09. The van der Waals surface area contributed by atoms with Gasteiger partial charge >= 0.3 is 6.18 Å². The Morgan fingerprint density at radius 3 is 2.00 bits per heavy atom. The maximum Gasteiger partial charge on any atom is 0.416 e. The highest BCUT2D eigenvalue weighted by Gasteiger charge is 2.30. The summed E-state index contributed by atoms with van der Waals surface area (Å²) in [5.41, 5.74) is 2.86. The zero-order valence-electron chi connectivity index (χ0n) is 13.3. The zero-order chi connectivity index (χ0) is 17.3. The minimum absolute atomic E-state index is 0.651. The van der Waals surface area contributed by atoms with Gasteiger partial charge in [-0.2, -0.15) is 13.2 Å². The number of rotatable bonds is 3. The number of aryl methyl sites for hydroxylation is 1. The number of ether oxygens (including phenoxy) is 1.